The number of methoxy groups -OCH3 is 1. The molecule has 0 aliphatic carbocycles. The Morgan fingerprint density at radius 2 is 1.67 bits per heavy atom. The average molecular weight is 629 g/mol. The summed E-state index contributed by atoms with van der Waals surface area (Å²) in [7, 11) is 3.70. The summed E-state index contributed by atoms with van der Waals surface area (Å²) < 4.78 is 5.85. The van der Waals surface area contributed by atoms with Gasteiger partial charge in [0.1, 0.15) is 5.75 Å². The summed E-state index contributed by atoms with van der Waals surface area (Å²) in [4.78, 5) is 28.1. The van der Waals surface area contributed by atoms with Gasteiger partial charge in [0.2, 0.25) is 0 Å². The largest absolute Gasteiger partial charge is 0.497 e. The van der Waals surface area contributed by atoms with Crippen molar-refractivity contribution in [2.45, 2.75) is 13.0 Å². The van der Waals surface area contributed by atoms with Crippen LogP contribution in [0.1, 0.15) is 38.3 Å². The molecule has 0 heterocycles. The van der Waals surface area contributed by atoms with E-state index in [0.717, 1.165) is 36.4 Å². The lowest BCUT2D eigenvalue weighted by Crippen LogP contribution is -2.23. The molecule has 0 aromatic heterocycles. The highest BCUT2D eigenvalue weighted by Gasteiger charge is 2.15. The van der Waals surface area contributed by atoms with Crippen molar-refractivity contribution in [3.8, 4) is 5.75 Å². The summed E-state index contributed by atoms with van der Waals surface area (Å²) in [5.41, 5.74) is 6.77. The maximum absolute atomic E-state index is 13.0. The van der Waals surface area contributed by atoms with Crippen LogP contribution in [-0.4, -0.2) is 45.3 Å². The van der Waals surface area contributed by atoms with Crippen LogP contribution in [0, 0.1) is 0 Å². The topological polar surface area (TPSA) is 95.1 Å². The van der Waals surface area contributed by atoms with Gasteiger partial charge in [-0.2, -0.15) is 5.10 Å². The first kappa shape index (κ1) is 30.5. The maximum Gasteiger partial charge on any atom is 0.273 e. The van der Waals surface area contributed by atoms with E-state index in [1.807, 2.05) is 42.5 Å². The highest BCUT2D eigenvalue weighted by atomic mass is 79.9. The molecule has 0 radical (unpaired) electrons. The fraction of sp³-hybridized carbons (Fsp3) is 0.182. The Kier molecular flexibility index (Phi) is 11.3. The quantitative estimate of drug-likeness (QED) is 0.0947. The molecular formula is C33H34BrN5O3. The molecule has 216 valence electrons. The lowest BCUT2D eigenvalue weighted by atomic mass is 10.1. The summed E-state index contributed by atoms with van der Waals surface area (Å²) in [6, 6.07) is 30.1. The number of hydrogen-bond donors (Lipinski definition) is 3. The number of carbonyl (C=O) groups excluding carboxylic acids is 2. The van der Waals surface area contributed by atoms with Crippen LogP contribution >= 0.6 is 15.9 Å². The van der Waals surface area contributed by atoms with Crippen molar-refractivity contribution < 1.29 is 14.3 Å². The third kappa shape index (κ3) is 9.02. The molecule has 0 bridgehead atoms. The van der Waals surface area contributed by atoms with Gasteiger partial charge in [-0.3, -0.25) is 9.59 Å². The van der Waals surface area contributed by atoms with Gasteiger partial charge in [0.15, 0.2) is 0 Å². The monoisotopic (exact) mass is 627 g/mol. The van der Waals surface area contributed by atoms with Crippen molar-refractivity contribution in [2.75, 3.05) is 37.5 Å². The van der Waals surface area contributed by atoms with Crippen molar-refractivity contribution in [3.63, 3.8) is 0 Å². The minimum Gasteiger partial charge on any atom is -0.497 e. The van der Waals surface area contributed by atoms with Crippen LogP contribution in [0.5, 0.6) is 5.75 Å². The molecule has 0 saturated carbocycles. The molecule has 4 aromatic rings. The standard InChI is InChI=1S/C33H34BrN5O3/c1-39(28-7-4-3-5-8-28)20-6-19-35-22-24-9-13-26(14-10-24)32(40)37-31-18-15-27(34)21-30(31)33(41)38-36-23-25-11-16-29(42-2)17-12-25/h3-5,7-18,21,23,35H,6,19-20,22H2,1-2H3,(H,37,40)(H,38,41). The summed E-state index contributed by atoms with van der Waals surface area (Å²) in [6.07, 6.45) is 2.55. The molecule has 0 fully saturated rings. The fourth-order valence-corrected chi connectivity index (χ4v) is 4.54. The zero-order valence-electron chi connectivity index (χ0n) is 23.6. The molecule has 0 atom stereocenters. The second-order valence-electron chi connectivity index (χ2n) is 9.60. The van der Waals surface area contributed by atoms with Crippen LogP contribution in [0.15, 0.2) is 107 Å². The van der Waals surface area contributed by atoms with Crippen molar-refractivity contribution in [2.24, 2.45) is 5.10 Å². The van der Waals surface area contributed by atoms with Crippen LogP contribution in [0.3, 0.4) is 0 Å². The van der Waals surface area contributed by atoms with Gasteiger partial charge in [-0.15, -0.1) is 0 Å². The third-order valence-electron chi connectivity index (χ3n) is 6.56. The molecule has 9 heteroatoms. The number of ether oxygens (including phenoxy) is 1. The van der Waals surface area contributed by atoms with Gasteiger partial charge in [-0.05, 0) is 90.8 Å². The number of benzene rings is 4. The normalized spacial score (nSPS) is 10.8. The first-order valence-corrected chi connectivity index (χ1v) is 14.4. The van der Waals surface area contributed by atoms with Gasteiger partial charge in [-0.1, -0.05) is 46.3 Å². The number of anilines is 2. The van der Waals surface area contributed by atoms with E-state index in [1.165, 1.54) is 11.9 Å². The van der Waals surface area contributed by atoms with E-state index in [-0.39, 0.29) is 11.5 Å². The molecule has 0 aliphatic rings. The molecule has 4 rings (SSSR count). The Morgan fingerprint density at radius 1 is 0.929 bits per heavy atom. The number of rotatable bonds is 13. The number of carbonyl (C=O) groups is 2. The molecule has 42 heavy (non-hydrogen) atoms. The van der Waals surface area contributed by atoms with E-state index in [0.29, 0.717) is 22.3 Å². The SMILES string of the molecule is COc1ccc(C=NNC(=O)c2cc(Br)ccc2NC(=O)c2ccc(CNCCCN(C)c3ccccc3)cc2)cc1. The number of para-hydroxylation sites is 1. The van der Waals surface area contributed by atoms with Gasteiger partial charge < -0.3 is 20.3 Å². The number of hydrogen-bond acceptors (Lipinski definition) is 6. The van der Waals surface area contributed by atoms with Crippen molar-refractivity contribution in [1.29, 1.82) is 0 Å². The van der Waals surface area contributed by atoms with Crippen LogP contribution in [0.4, 0.5) is 11.4 Å². The molecule has 0 spiro atoms. The Bertz CT molecular complexity index is 1490. The molecule has 0 unspecified atom stereocenters. The molecule has 3 N–H and O–H groups in total. The first-order valence-electron chi connectivity index (χ1n) is 13.6. The fourth-order valence-electron chi connectivity index (χ4n) is 4.18. The molecule has 0 saturated heterocycles. The van der Waals surface area contributed by atoms with E-state index >= 15 is 0 Å². The minimum atomic E-state index is -0.451. The molecular weight excluding hydrogens is 594 g/mol. The Labute approximate surface area is 254 Å². The highest BCUT2D eigenvalue weighted by Crippen LogP contribution is 2.22. The third-order valence-corrected chi connectivity index (χ3v) is 7.05. The molecule has 2 amide bonds. The molecule has 0 aliphatic heterocycles. The predicted molar refractivity (Wildman–Crippen MR) is 173 cm³/mol. The predicted octanol–water partition coefficient (Wildman–Crippen LogP) is 6.09. The van der Waals surface area contributed by atoms with Crippen LogP contribution < -0.4 is 25.7 Å². The van der Waals surface area contributed by atoms with Crippen molar-refractivity contribution in [3.05, 3.63) is 124 Å². The number of halogens is 1. The number of nitrogens with zero attached hydrogens (tertiary/aromatic N) is 2. The van der Waals surface area contributed by atoms with Gasteiger partial charge in [0, 0.05) is 35.9 Å². The van der Waals surface area contributed by atoms with Crippen LogP contribution in [-0.2, 0) is 6.54 Å². The smallest absolute Gasteiger partial charge is 0.273 e. The summed E-state index contributed by atoms with van der Waals surface area (Å²) >= 11 is 3.40. The van der Waals surface area contributed by atoms with Gasteiger partial charge in [0.25, 0.3) is 11.8 Å². The Morgan fingerprint density at radius 3 is 2.38 bits per heavy atom. The van der Waals surface area contributed by atoms with E-state index in [9.17, 15) is 9.59 Å². The maximum atomic E-state index is 13.0. The molecule has 4 aromatic carbocycles. The number of nitrogens with one attached hydrogen (secondary N) is 3. The zero-order chi connectivity index (χ0) is 29.7. The second kappa shape index (κ2) is 15.5. The van der Waals surface area contributed by atoms with E-state index in [4.69, 9.17) is 4.74 Å². The zero-order valence-corrected chi connectivity index (χ0v) is 25.2. The minimum absolute atomic E-state index is 0.281. The Hall–Kier alpha value is -4.47. The average Bonchev–Trinajstić information content (AvgIpc) is 3.02. The van der Waals surface area contributed by atoms with Crippen molar-refractivity contribution >= 4 is 45.3 Å². The van der Waals surface area contributed by atoms with Gasteiger partial charge in [0.05, 0.1) is 24.6 Å². The lowest BCUT2D eigenvalue weighted by molar-refractivity contribution is 0.0956. The summed E-state index contributed by atoms with van der Waals surface area (Å²) in [5, 5.41) is 10.4. The van der Waals surface area contributed by atoms with Gasteiger partial charge >= 0.3 is 0 Å². The summed E-state index contributed by atoms with van der Waals surface area (Å²) in [5.74, 6) is -0.0281. The van der Waals surface area contributed by atoms with E-state index in [2.05, 4.69) is 61.2 Å². The second-order valence-corrected chi connectivity index (χ2v) is 10.5. The van der Waals surface area contributed by atoms with E-state index in [1.54, 1.807) is 49.6 Å². The van der Waals surface area contributed by atoms with Crippen LogP contribution in [0.25, 0.3) is 0 Å². The lowest BCUT2D eigenvalue weighted by Gasteiger charge is -2.19. The first-order chi connectivity index (χ1) is 20.4. The number of hydrazone groups is 1. The van der Waals surface area contributed by atoms with E-state index < -0.39 is 5.91 Å². The van der Waals surface area contributed by atoms with Crippen molar-refractivity contribution in [1.82, 2.24) is 10.7 Å². The molecule has 8 nitrogen and oxygen atoms in total. The number of amides is 2. The van der Waals surface area contributed by atoms with Gasteiger partial charge in [-0.25, -0.2) is 5.43 Å². The highest BCUT2D eigenvalue weighted by molar-refractivity contribution is 9.10. The summed E-state index contributed by atoms with van der Waals surface area (Å²) in [6.45, 7) is 2.56. The Balaban J connectivity index is 1.27. The van der Waals surface area contributed by atoms with Crippen LogP contribution in [0.2, 0.25) is 0 Å².